The average molecular weight is 370 g/mol. The molecule has 1 aromatic carbocycles. The van der Waals surface area contributed by atoms with E-state index in [1.165, 1.54) is 25.8 Å². The van der Waals surface area contributed by atoms with Crippen LogP contribution < -0.4 is 15.5 Å². The molecule has 27 heavy (non-hydrogen) atoms. The maximum Gasteiger partial charge on any atom is 0.274 e. The molecule has 142 valence electrons. The van der Waals surface area contributed by atoms with Crippen molar-refractivity contribution in [3.8, 4) is 11.5 Å². The zero-order chi connectivity index (χ0) is 19.4. The van der Waals surface area contributed by atoms with Gasteiger partial charge in [-0.05, 0) is 24.5 Å². The van der Waals surface area contributed by atoms with E-state index in [0.29, 0.717) is 0 Å². The van der Waals surface area contributed by atoms with E-state index in [1.54, 1.807) is 6.92 Å². The molecular weight excluding hydrogens is 348 g/mol. The highest BCUT2D eigenvalue weighted by Crippen LogP contribution is 2.31. The molecule has 8 heteroatoms. The molecule has 1 amide bonds. The molecule has 2 heterocycles. The number of pyridine rings is 1. The van der Waals surface area contributed by atoms with Gasteiger partial charge in [0.15, 0.2) is 29.3 Å². The number of nitrogens with one attached hydrogen (secondary N) is 2. The van der Waals surface area contributed by atoms with Gasteiger partial charge in [0, 0.05) is 12.3 Å². The molecular formula is C19H22N4O4. The number of carbonyl (C=O) groups excluding carboxylic acids is 1. The second-order valence-corrected chi connectivity index (χ2v) is 6.18. The lowest BCUT2D eigenvalue weighted by molar-refractivity contribution is 0.0773. The van der Waals surface area contributed by atoms with Crippen LogP contribution in [0.25, 0.3) is 0 Å². The average Bonchev–Trinajstić information content (AvgIpc) is 3.19. The third kappa shape index (κ3) is 3.43. The Morgan fingerprint density at radius 1 is 1.44 bits per heavy atom. The van der Waals surface area contributed by atoms with Gasteiger partial charge < -0.3 is 20.0 Å². The topological polar surface area (TPSA) is 105 Å². The number of hydrogen-bond acceptors (Lipinski definition) is 7. The molecule has 1 unspecified atom stereocenters. The fourth-order valence-electron chi connectivity index (χ4n) is 3.00. The Morgan fingerprint density at radius 2 is 2.26 bits per heavy atom. The van der Waals surface area contributed by atoms with Crippen molar-refractivity contribution < 1.29 is 19.5 Å². The van der Waals surface area contributed by atoms with Gasteiger partial charge in [-0.15, -0.1) is 5.48 Å². The van der Waals surface area contributed by atoms with Gasteiger partial charge in [0.2, 0.25) is 0 Å². The van der Waals surface area contributed by atoms with E-state index in [1.807, 2.05) is 24.3 Å². The van der Waals surface area contributed by atoms with Crippen molar-refractivity contribution >= 4 is 12.3 Å². The monoisotopic (exact) mass is 370 g/mol. The van der Waals surface area contributed by atoms with Gasteiger partial charge >= 0.3 is 0 Å². The molecule has 0 spiro atoms. The molecule has 2 aromatic rings. The number of hydrogen-bond donors (Lipinski definition) is 3. The fourth-order valence-corrected chi connectivity index (χ4v) is 3.00. The zero-order valence-electron chi connectivity index (χ0n) is 15.4. The van der Waals surface area contributed by atoms with E-state index in [0.717, 1.165) is 17.5 Å². The third-order valence-electron chi connectivity index (χ3n) is 4.60. The summed E-state index contributed by atoms with van der Waals surface area (Å²) in [5, 5.41) is 13.0. The van der Waals surface area contributed by atoms with Crippen LogP contribution in [0.4, 0.5) is 0 Å². The number of benzene rings is 1. The Morgan fingerprint density at radius 3 is 2.93 bits per heavy atom. The minimum atomic E-state index is -0.991. The number of amides is 1. The van der Waals surface area contributed by atoms with Crippen LogP contribution in [0.15, 0.2) is 41.5 Å². The van der Waals surface area contributed by atoms with Crippen LogP contribution >= 0.6 is 0 Å². The van der Waals surface area contributed by atoms with Gasteiger partial charge in [-0.25, -0.2) is 9.98 Å². The second kappa shape index (κ2) is 7.63. The van der Waals surface area contributed by atoms with Crippen molar-refractivity contribution in [3.05, 3.63) is 53.3 Å². The minimum Gasteiger partial charge on any atom is -0.503 e. The first-order chi connectivity index (χ1) is 13.0. The van der Waals surface area contributed by atoms with Gasteiger partial charge in [0.25, 0.3) is 5.91 Å². The molecule has 3 rings (SSSR count). The summed E-state index contributed by atoms with van der Waals surface area (Å²) < 4.78 is 5.03. The predicted molar refractivity (Wildman–Crippen MR) is 99.6 cm³/mol. The van der Waals surface area contributed by atoms with E-state index in [-0.39, 0.29) is 17.2 Å². The number of aryl methyl sites for hydroxylation is 1. The van der Waals surface area contributed by atoms with Gasteiger partial charge in [0.1, 0.15) is 0 Å². The summed E-state index contributed by atoms with van der Waals surface area (Å²) >= 11 is 0. The normalized spacial score (nSPS) is 19.4. The van der Waals surface area contributed by atoms with Crippen molar-refractivity contribution in [2.24, 2.45) is 4.99 Å². The van der Waals surface area contributed by atoms with E-state index < -0.39 is 17.6 Å². The van der Waals surface area contributed by atoms with Crippen molar-refractivity contribution in [1.82, 2.24) is 15.8 Å². The van der Waals surface area contributed by atoms with Gasteiger partial charge in [0.05, 0.1) is 13.2 Å². The number of aromatic nitrogens is 1. The first-order valence-corrected chi connectivity index (χ1v) is 8.60. The molecule has 0 fully saturated rings. The summed E-state index contributed by atoms with van der Waals surface area (Å²) in [6.07, 6.45) is 3.58. The highest BCUT2D eigenvalue weighted by molar-refractivity contribution is 5.95. The van der Waals surface area contributed by atoms with Crippen LogP contribution in [0.5, 0.6) is 11.5 Å². The minimum absolute atomic E-state index is 0.124. The Labute approximate surface area is 157 Å². The van der Waals surface area contributed by atoms with E-state index >= 15 is 0 Å². The number of carbonyl (C=O) groups is 1. The van der Waals surface area contributed by atoms with Crippen LogP contribution in [-0.4, -0.2) is 35.5 Å². The molecule has 0 aliphatic carbocycles. The standard InChI is InChI=1S/C19H22N4O4/c1-4-13-6-5-7-14(10-13)19(21-11-27-23-19)12(2)22-18(25)16-17(24)15(26-3)8-9-20-16/h5-12,23-24H,4H2,1-3H3,(H,22,25)/t12-,19?/m0/s1. The number of rotatable bonds is 6. The Bertz CT molecular complexity index is 871. The lowest BCUT2D eigenvalue weighted by atomic mass is 9.91. The van der Waals surface area contributed by atoms with Crippen molar-refractivity contribution in [2.75, 3.05) is 7.11 Å². The van der Waals surface area contributed by atoms with Crippen molar-refractivity contribution in [2.45, 2.75) is 32.0 Å². The van der Waals surface area contributed by atoms with Gasteiger partial charge in [-0.3, -0.25) is 4.79 Å². The van der Waals surface area contributed by atoms with E-state index in [9.17, 15) is 9.90 Å². The van der Waals surface area contributed by atoms with Crippen LogP contribution in [0.1, 0.15) is 35.5 Å². The maximum absolute atomic E-state index is 12.7. The van der Waals surface area contributed by atoms with Crippen molar-refractivity contribution in [3.63, 3.8) is 0 Å². The summed E-state index contributed by atoms with van der Waals surface area (Å²) in [5.74, 6) is -0.687. The van der Waals surface area contributed by atoms with E-state index in [2.05, 4.69) is 27.7 Å². The summed E-state index contributed by atoms with van der Waals surface area (Å²) in [5.41, 5.74) is 3.77. The number of methoxy groups -OCH3 is 1. The van der Waals surface area contributed by atoms with Crippen LogP contribution in [0.3, 0.4) is 0 Å². The number of aromatic hydroxyl groups is 1. The highest BCUT2D eigenvalue weighted by atomic mass is 16.7. The molecule has 0 saturated heterocycles. The van der Waals surface area contributed by atoms with Gasteiger partial charge in [-0.1, -0.05) is 31.2 Å². The summed E-state index contributed by atoms with van der Waals surface area (Å²) in [6.45, 7) is 3.86. The molecule has 1 aromatic heterocycles. The van der Waals surface area contributed by atoms with Crippen LogP contribution in [0.2, 0.25) is 0 Å². The van der Waals surface area contributed by atoms with Crippen LogP contribution in [0, 0.1) is 0 Å². The molecule has 0 bridgehead atoms. The molecule has 3 N–H and O–H groups in total. The summed E-state index contributed by atoms with van der Waals surface area (Å²) in [4.78, 5) is 26.3. The highest BCUT2D eigenvalue weighted by Gasteiger charge is 2.42. The Kier molecular flexibility index (Phi) is 5.27. The van der Waals surface area contributed by atoms with Crippen molar-refractivity contribution in [1.29, 1.82) is 0 Å². The number of hydroxylamine groups is 1. The molecule has 1 aliphatic rings. The number of ether oxygens (including phenoxy) is 1. The largest absolute Gasteiger partial charge is 0.503 e. The number of nitrogens with zero attached hydrogens (tertiary/aromatic N) is 2. The third-order valence-corrected chi connectivity index (χ3v) is 4.60. The number of aliphatic imine (C=N–C) groups is 1. The van der Waals surface area contributed by atoms with E-state index in [4.69, 9.17) is 9.57 Å². The smallest absolute Gasteiger partial charge is 0.274 e. The molecule has 0 radical (unpaired) electrons. The lowest BCUT2D eigenvalue weighted by Crippen LogP contribution is -2.54. The Balaban J connectivity index is 1.89. The zero-order valence-corrected chi connectivity index (χ0v) is 15.4. The second-order valence-electron chi connectivity index (χ2n) is 6.18. The quantitative estimate of drug-likeness (QED) is 0.717. The predicted octanol–water partition coefficient (Wildman–Crippen LogP) is 1.89. The summed E-state index contributed by atoms with van der Waals surface area (Å²) in [7, 11) is 1.41. The molecule has 0 saturated carbocycles. The first kappa shape index (κ1) is 18.7. The van der Waals surface area contributed by atoms with Crippen LogP contribution in [-0.2, 0) is 16.9 Å². The fraction of sp³-hybridized carbons (Fsp3) is 0.316. The lowest BCUT2D eigenvalue weighted by Gasteiger charge is -2.32. The SMILES string of the molecule is CCc1cccc(C2([C@H](C)NC(=O)c3nccc(OC)c3O)N=CON2)c1. The molecule has 8 nitrogen and oxygen atoms in total. The summed E-state index contributed by atoms with van der Waals surface area (Å²) in [6, 6.07) is 8.87. The molecule has 1 aliphatic heterocycles. The molecule has 2 atom stereocenters. The maximum atomic E-state index is 12.7. The van der Waals surface area contributed by atoms with Gasteiger partial charge in [-0.2, -0.15) is 0 Å². The Hall–Kier alpha value is -3.13. The first-order valence-electron chi connectivity index (χ1n) is 8.60.